The molecular weight excluding hydrogens is 418 g/mol. The van der Waals surface area contributed by atoms with Crippen molar-refractivity contribution in [2.75, 3.05) is 34.7 Å². The Bertz CT molecular complexity index is 1120. The van der Waals surface area contributed by atoms with Crippen LogP contribution in [-0.4, -0.2) is 40.7 Å². The molecule has 2 heterocycles. The van der Waals surface area contributed by atoms with E-state index in [4.69, 9.17) is 28.4 Å². The summed E-state index contributed by atoms with van der Waals surface area (Å²) in [5.41, 5.74) is 11.6. The SMILES string of the molecule is COc1cc([C@@H]2c3cc4c(cc3[C@H](N=[N+]=[N-])[C@H]3COC(=O)[C@@H]23)OCO4)cc(OC)c1OC. The first-order chi connectivity index (χ1) is 15.6. The maximum absolute atomic E-state index is 12.9. The van der Waals surface area contributed by atoms with Crippen molar-refractivity contribution >= 4 is 5.97 Å². The van der Waals surface area contributed by atoms with Crippen LogP contribution in [0.3, 0.4) is 0 Å². The molecule has 10 heteroatoms. The highest BCUT2D eigenvalue weighted by Crippen LogP contribution is 2.56. The average Bonchev–Trinajstić information content (AvgIpc) is 3.43. The predicted octanol–water partition coefficient (Wildman–Crippen LogP) is 3.73. The molecule has 0 spiro atoms. The normalized spacial score (nSPS) is 24.7. The van der Waals surface area contributed by atoms with E-state index in [1.807, 2.05) is 24.3 Å². The molecule has 1 saturated heterocycles. The van der Waals surface area contributed by atoms with Crippen LogP contribution in [-0.2, 0) is 9.53 Å². The number of esters is 1. The summed E-state index contributed by atoms with van der Waals surface area (Å²) in [6.45, 7) is 0.274. The number of carbonyl (C=O) groups is 1. The van der Waals surface area contributed by atoms with Crippen molar-refractivity contribution < 1.29 is 33.2 Å². The fourth-order valence-electron chi connectivity index (χ4n) is 5.02. The summed E-state index contributed by atoms with van der Waals surface area (Å²) in [4.78, 5) is 16.0. The zero-order valence-electron chi connectivity index (χ0n) is 17.7. The summed E-state index contributed by atoms with van der Waals surface area (Å²) in [6, 6.07) is 6.78. The molecule has 4 atom stereocenters. The van der Waals surface area contributed by atoms with E-state index in [2.05, 4.69) is 10.0 Å². The molecule has 0 amide bonds. The molecule has 3 aliphatic rings. The van der Waals surface area contributed by atoms with E-state index in [-0.39, 0.29) is 25.3 Å². The summed E-state index contributed by atoms with van der Waals surface area (Å²) < 4.78 is 33.1. The van der Waals surface area contributed by atoms with Crippen LogP contribution < -0.4 is 23.7 Å². The van der Waals surface area contributed by atoms with Crippen molar-refractivity contribution in [3.8, 4) is 28.7 Å². The maximum atomic E-state index is 12.9. The van der Waals surface area contributed by atoms with Crippen molar-refractivity contribution in [1.82, 2.24) is 0 Å². The second-order valence-electron chi connectivity index (χ2n) is 7.74. The Morgan fingerprint density at radius 3 is 2.22 bits per heavy atom. The summed E-state index contributed by atoms with van der Waals surface area (Å²) in [7, 11) is 4.61. The lowest BCUT2D eigenvalue weighted by molar-refractivity contribution is -0.141. The van der Waals surface area contributed by atoms with Gasteiger partial charge in [0.2, 0.25) is 12.5 Å². The quantitative estimate of drug-likeness (QED) is 0.301. The molecule has 2 aromatic rings. The first-order valence-electron chi connectivity index (χ1n) is 10.1. The van der Waals surface area contributed by atoms with E-state index in [0.717, 1.165) is 16.7 Å². The van der Waals surface area contributed by atoms with Crippen LogP contribution in [0.4, 0.5) is 0 Å². The van der Waals surface area contributed by atoms with E-state index in [9.17, 15) is 10.3 Å². The van der Waals surface area contributed by atoms with E-state index >= 15 is 0 Å². The van der Waals surface area contributed by atoms with E-state index in [1.165, 1.54) is 21.3 Å². The summed E-state index contributed by atoms with van der Waals surface area (Å²) in [5.74, 6) is 0.941. The van der Waals surface area contributed by atoms with Gasteiger partial charge in [0.1, 0.15) is 0 Å². The van der Waals surface area contributed by atoms with Gasteiger partial charge in [-0.2, -0.15) is 0 Å². The molecule has 166 valence electrons. The Kier molecular flexibility index (Phi) is 4.86. The molecule has 5 rings (SSSR count). The van der Waals surface area contributed by atoms with E-state index < -0.39 is 17.9 Å². The highest BCUT2D eigenvalue weighted by atomic mass is 16.7. The van der Waals surface area contributed by atoms with E-state index in [0.29, 0.717) is 28.7 Å². The number of fused-ring (bicyclic) bond motifs is 3. The lowest BCUT2D eigenvalue weighted by atomic mass is 9.65. The zero-order valence-corrected chi connectivity index (χ0v) is 17.7. The highest BCUT2D eigenvalue weighted by Gasteiger charge is 2.52. The summed E-state index contributed by atoms with van der Waals surface area (Å²) >= 11 is 0. The number of benzene rings is 2. The van der Waals surface area contributed by atoms with Gasteiger partial charge in [-0.25, -0.2) is 0 Å². The second-order valence-corrected chi connectivity index (χ2v) is 7.74. The Labute approximate surface area is 183 Å². The van der Waals surface area contributed by atoms with Crippen molar-refractivity contribution in [3.63, 3.8) is 0 Å². The standard InChI is InChI=1S/C22H21N3O7/c1-27-16-4-10(5-17(28-2)21(16)29-3)18-11-6-14-15(32-9-31-14)7-12(11)20(24-25-23)13-8-30-22(26)19(13)18/h4-7,13,18-20H,8-9H2,1-3H3/t13-,18+,19+,20-/m0/s1. The van der Waals surface area contributed by atoms with Crippen molar-refractivity contribution in [2.45, 2.75) is 12.0 Å². The number of methoxy groups -OCH3 is 3. The van der Waals surface area contributed by atoms with Gasteiger partial charge in [-0.3, -0.25) is 4.79 Å². The number of hydrogen-bond acceptors (Lipinski definition) is 8. The molecule has 10 nitrogen and oxygen atoms in total. The average molecular weight is 439 g/mol. The van der Waals surface area contributed by atoms with Gasteiger partial charge in [-0.15, -0.1) is 0 Å². The zero-order chi connectivity index (χ0) is 22.4. The largest absolute Gasteiger partial charge is 0.493 e. The Morgan fingerprint density at radius 1 is 0.969 bits per heavy atom. The second kappa shape index (κ2) is 7.72. The molecule has 1 fully saturated rings. The minimum Gasteiger partial charge on any atom is -0.493 e. The van der Waals surface area contributed by atoms with Crippen LogP contribution in [0, 0.1) is 11.8 Å². The third-order valence-electron chi connectivity index (χ3n) is 6.37. The Hall–Kier alpha value is -3.78. The first-order valence-corrected chi connectivity index (χ1v) is 10.1. The van der Waals surface area contributed by atoms with Crippen LogP contribution in [0.5, 0.6) is 28.7 Å². The summed E-state index contributed by atoms with van der Waals surface area (Å²) in [6.07, 6.45) is 0. The van der Waals surface area contributed by atoms with Crippen molar-refractivity contribution in [2.24, 2.45) is 17.0 Å². The third-order valence-corrected chi connectivity index (χ3v) is 6.37. The minimum atomic E-state index is -0.570. The molecule has 1 aliphatic carbocycles. The van der Waals surface area contributed by atoms with Gasteiger partial charge in [0.05, 0.1) is 39.9 Å². The molecule has 2 aliphatic heterocycles. The number of hydrogen-bond donors (Lipinski definition) is 0. The molecule has 0 N–H and O–H groups in total. The number of ether oxygens (including phenoxy) is 6. The topological polar surface area (TPSA) is 121 Å². The van der Waals surface area contributed by atoms with Crippen molar-refractivity contribution in [3.05, 3.63) is 51.4 Å². The van der Waals surface area contributed by atoms with Crippen LogP contribution in [0.15, 0.2) is 29.4 Å². The molecule has 0 bridgehead atoms. The van der Waals surface area contributed by atoms with Gasteiger partial charge >= 0.3 is 5.97 Å². The monoisotopic (exact) mass is 439 g/mol. The van der Waals surface area contributed by atoms with Crippen LogP contribution in [0.1, 0.15) is 28.7 Å². The van der Waals surface area contributed by atoms with Gasteiger partial charge in [-0.1, -0.05) is 5.11 Å². The smallest absolute Gasteiger partial charge is 0.310 e. The number of nitrogens with zero attached hydrogens (tertiary/aromatic N) is 3. The minimum absolute atomic E-state index is 0.105. The molecule has 0 unspecified atom stereocenters. The van der Waals surface area contributed by atoms with Gasteiger partial charge in [0.25, 0.3) is 0 Å². The van der Waals surface area contributed by atoms with Gasteiger partial charge in [-0.05, 0) is 46.5 Å². The molecule has 0 radical (unpaired) electrons. The third kappa shape index (κ3) is 2.87. The summed E-state index contributed by atoms with van der Waals surface area (Å²) in [5, 5.41) is 4.03. The predicted molar refractivity (Wildman–Crippen MR) is 110 cm³/mol. The van der Waals surface area contributed by atoms with Gasteiger partial charge in [0, 0.05) is 16.7 Å². The van der Waals surface area contributed by atoms with Crippen LogP contribution >= 0.6 is 0 Å². The van der Waals surface area contributed by atoms with Crippen LogP contribution in [0.25, 0.3) is 10.4 Å². The number of carbonyl (C=O) groups excluding carboxylic acids is 1. The van der Waals surface area contributed by atoms with E-state index in [1.54, 1.807) is 0 Å². The highest BCUT2D eigenvalue weighted by molar-refractivity contribution is 5.79. The molecule has 0 saturated carbocycles. The number of rotatable bonds is 5. The molecule has 2 aromatic carbocycles. The van der Waals surface area contributed by atoms with Gasteiger partial charge in [0.15, 0.2) is 23.0 Å². The lowest BCUT2D eigenvalue weighted by Crippen LogP contribution is -2.34. The molecule has 32 heavy (non-hydrogen) atoms. The fourth-order valence-corrected chi connectivity index (χ4v) is 5.02. The fraction of sp³-hybridized carbons (Fsp3) is 0.409. The number of azide groups is 1. The first kappa shape index (κ1) is 20.1. The lowest BCUT2D eigenvalue weighted by Gasteiger charge is -2.37. The number of cyclic esters (lactones) is 1. The molecular formula is C22H21N3O7. The Morgan fingerprint density at radius 2 is 1.62 bits per heavy atom. The van der Waals surface area contributed by atoms with Gasteiger partial charge < -0.3 is 28.4 Å². The Balaban J connectivity index is 1.77. The van der Waals surface area contributed by atoms with Crippen molar-refractivity contribution in [1.29, 1.82) is 0 Å². The van der Waals surface area contributed by atoms with Crippen LogP contribution in [0.2, 0.25) is 0 Å². The maximum Gasteiger partial charge on any atom is 0.310 e. The molecule has 0 aromatic heterocycles.